The van der Waals surface area contributed by atoms with Gasteiger partial charge in [-0.3, -0.25) is 4.79 Å². The summed E-state index contributed by atoms with van der Waals surface area (Å²) in [6.07, 6.45) is 0.256. The number of para-hydroxylation sites is 1. The van der Waals surface area contributed by atoms with Crippen molar-refractivity contribution in [3.63, 3.8) is 0 Å². The molecular formula is C13H13N3O2S. The van der Waals surface area contributed by atoms with E-state index in [2.05, 4.69) is 11.1 Å². The van der Waals surface area contributed by atoms with Crippen LogP contribution in [-0.4, -0.2) is 22.1 Å². The van der Waals surface area contributed by atoms with Crippen LogP contribution < -0.4 is 0 Å². The van der Waals surface area contributed by atoms with Gasteiger partial charge in [0.15, 0.2) is 4.77 Å². The normalized spacial score (nSPS) is 10.3. The second-order valence-electron chi connectivity index (χ2n) is 3.95. The number of nitrogens with one attached hydrogen (secondary N) is 1. The van der Waals surface area contributed by atoms with E-state index in [9.17, 15) is 4.79 Å². The molecule has 0 fully saturated rings. The summed E-state index contributed by atoms with van der Waals surface area (Å²) < 4.78 is 7.20. The number of hydrogen-bond donors (Lipinski definition) is 1. The minimum absolute atomic E-state index is 0.254. The first-order valence-corrected chi connectivity index (χ1v) is 6.35. The number of hydrogen-bond acceptors (Lipinski definition) is 4. The standard InChI is InChI=1S/C13H13N3O2S/c1-2-18-11(17)6-7-16-10-5-3-4-9(8-14)12(10)15-13(16)19/h3-5H,2,6-7H2,1H3,(H,15,19). The van der Waals surface area contributed by atoms with Crippen molar-refractivity contribution in [1.29, 1.82) is 5.26 Å². The Morgan fingerprint density at radius 3 is 3.05 bits per heavy atom. The molecule has 0 aliphatic heterocycles. The molecule has 0 bridgehead atoms. The van der Waals surface area contributed by atoms with Crippen molar-refractivity contribution >= 4 is 29.2 Å². The molecule has 2 rings (SSSR count). The van der Waals surface area contributed by atoms with Crippen LogP contribution in [0.5, 0.6) is 0 Å². The van der Waals surface area contributed by atoms with Crippen LogP contribution in [0.3, 0.4) is 0 Å². The van der Waals surface area contributed by atoms with Crippen LogP contribution in [-0.2, 0) is 16.1 Å². The molecule has 1 heterocycles. The largest absolute Gasteiger partial charge is 0.466 e. The number of carbonyl (C=O) groups excluding carboxylic acids is 1. The molecule has 1 aromatic heterocycles. The van der Waals surface area contributed by atoms with Crippen LogP contribution in [0.1, 0.15) is 18.9 Å². The molecule has 2 aromatic rings. The summed E-state index contributed by atoms with van der Waals surface area (Å²) in [5.41, 5.74) is 2.07. The molecule has 0 aliphatic rings. The topological polar surface area (TPSA) is 70.8 Å². The van der Waals surface area contributed by atoms with Crippen molar-refractivity contribution in [2.45, 2.75) is 19.9 Å². The van der Waals surface area contributed by atoms with Gasteiger partial charge in [-0.1, -0.05) is 6.07 Å². The number of nitrogens with zero attached hydrogens (tertiary/aromatic N) is 2. The molecular weight excluding hydrogens is 262 g/mol. The predicted molar refractivity (Wildman–Crippen MR) is 73.1 cm³/mol. The Morgan fingerprint density at radius 2 is 2.37 bits per heavy atom. The molecule has 5 nitrogen and oxygen atoms in total. The van der Waals surface area contributed by atoms with E-state index in [1.54, 1.807) is 19.1 Å². The number of aromatic nitrogens is 2. The highest BCUT2D eigenvalue weighted by Crippen LogP contribution is 2.18. The molecule has 0 saturated heterocycles. The van der Waals surface area contributed by atoms with E-state index in [0.717, 1.165) is 5.52 Å². The molecule has 19 heavy (non-hydrogen) atoms. The van der Waals surface area contributed by atoms with E-state index >= 15 is 0 Å². The molecule has 0 unspecified atom stereocenters. The number of H-pyrrole nitrogens is 1. The Labute approximate surface area is 115 Å². The summed E-state index contributed by atoms with van der Waals surface area (Å²) in [7, 11) is 0. The summed E-state index contributed by atoms with van der Waals surface area (Å²) in [5, 5.41) is 9.04. The fraction of sp³-hybridized carbons (Fsp3) is 0.308. The van der Waals surface area contributed by atoms with Gasteiger partial charge < -0.3 is 14.3 Å². The summed E-state index contributed by atoms with van der Waals surface area (Å²) in [6.45, 7) is 2.58. The van der Waals surface area contributed by atoms with E-state index in [4.69, 9.17) is 22.2 Å². The van der Waals surface area contributed by atoms with Gasteiger partial charge in [0.05, 0.1) is 29.6 Å². The lowest BCUT2D eigenvalue weighted by atomic mass is 10.2. The number of esters is 1. The van der Waals surface area contributed by atoms with Crippen molar-refractivity contribution in [2.75, 3.05) is 6.61 Å². The fourth-order valence-corrected chi connectivity index (χ4v) is 2.22. The van der Waals surface area contributed by atoms with Crippen molar-refractivity contribution in [3.8, 4) is 6.07 Å². The molecule has 6 heteroatoms. The average molecular weight is 275 g/mol. The van der Waals surface area contributed by atoms with Crippen molar-refractivity contribution < 1.29 is 9.53 Å². The molecule has 1 aromatic carbocycles. The van der Waals surface area contributed by atoms with E-state index in [1.165, 1.54) is 0 Å². The third-order valence-corrected chi connectivity index (χ3v) is 3.10. The Morgan fingerprint density at radius 1 is 1.58 bits per heavy atom. The Bertz CT molecular complexity index is 709. The highest BCUT2D eigenvalue weighted by molar-refractivity contribution is 7.71. The summed E-state index contributed by atoms with van der Waals surface area (Å²) in [6, 6.07) is 7.50. The zero-order valence-electron chi connectivity index (χ0n) is 10.5. The number of fused-ring (bicyclic) bond motifs is 1. The number of aryl methyl sites for hydroxylation is 1. The van der Waals surface area contributed by atoms with Gasteiger partial charge in [0.1, 0.15) is 6.07 Å². The molecule has 0 saturated carbocycles. The number of aromatic amines is 1. The molecule has 0 radical (unpaired) electrons. The Hall–Kier alpha value is -2.13. The maximum atomic E-state index is 11.4. The number of benzene rings is 1. The lowest BCUT2D eigenvalue weighted by Crippen LogP contribution is -2.09. The first-order valence-electron chi connectivity index (χ1n) is 5.94. The predicted octanol–water partition coefficient (Wildman–Crippen LogP) is 2.52. The van der Waals surface area contributed by atoms with Crippen LogP contribution in [0.25, 0.3) is 11.0 Å². The fourth-order valence-electron chi connectivity index (χ4n) is 1.93. The second-order valence-corrected chi connectivity index (χ2v) is 4.34. The number of ether oxygens (including phenoxy) is 1. The third kappa shape index (κ3) is 2.66. The lowest BCUT2D eigenvalue weighted by molar-refractivity contribution is -0.143. The molecule has 1 N–H and O–H groups in total. The maximum absolute atomic E-state index is 11.4. The van der Waals surface area contributed by atoms with Crippen LogP contribution in [0, 0.1) is 16.1 Å². The minimum Gasteiger partial charge on any atom is -0.466 e. The summed E-state index contributed by atoms with van der Waals surface area (Å²) in [4.78, 5) is 14.4. The van der Waals surface area contributed by atoms with Crippen LogP contribution in [0.2, 0.25) is 0 Å². The molecule has 0 atom stereocenters. The third-order valence-electron chi connectivity index (χ3n) is 2.78. The van der Waals surface area contributed by atoms with Crippen molar-refractivity contribution in [3.05, 3.63) is 28.5 Å². The molecule has 0 spiro atoms. The van der Waals surface area contributed by atoms with Crippen molar-refractivity contribution in [1.82, 2.24) is 9.55 Å². The first-order chi connectivity index (χ1) is 9.17. The lowest BCUT2D eigenvalue weighted by Gasteiger charge is -2.04. The molecule has 0 aliphatic carbocycles. The molecule has 98 valence electrons. The maximum Gasteiger partial charge on any atom is 0.307 e. The van der Waals surface area contributed by atoms with Crippen LogP contribution >= 0.6 is 12.2 Å². The Kier molecular flexibility index (Phi) is 3.97. The van der Waals surface area contributed by atoms with Gasteiger partial charge in [-0.15, -0.1) is 0 Å². The summed E-state index contributed by atoms with van der Waals surface area (Å²) >= 11 is 5.22. The highest BCUT2D eigenvalue weighted by Gasteiger charge is 2.09. The van der Waals surface area contributed by atoms with E-state index in [1.807, 2.05) is 10.6 Å². The smallest absolute Gasteiger partial charge is 0.307 e. The average Bonchev–Trinajstić information content (AvgIpc) is 2.72. The first kappa shape index (κ1) is 13.3. The molecule has 0 amide bonds. The van der Waals surface area contributed by atoms with Crippen molar-refractivity contribution in [2.24, 2.45) is 0 Å². The van der Waals surface area contributed by atoms with Gasteiger partial charge >= 0.3 is 5.97 Å². The summed E-state index contributed by atoms with van der Waals surface area (Å²) in [5.74, 6) is -0.254. The van der Waals surface area contributed by atoms with Gasteiger partial charge in [0, 0.05) is 6.54 Å². The quantitative estimate of drug-likeness (QED) is 0.687. The zero-order valence-corrected chi connectivity index (χ0v) is 11.3. The van der Waals surface area contributed by atoms with Gasteiger partial charge in [-0.25, -0.2) is 0 Å². The number of carbonyl (C=O) groups is 1. The minimum atomic E-state index is -0.254. The van der Waals surface area contributed by atoms with Gasteiger partial charge in [-0.05, 0) is 31.3 Å². The number of imidazole rings is 1. The SMILES string of the molecule is CCOC(=O)CCn1c(=S)[nH]c2c(C#N)cccc21. The van der Waals surface area contributed by atoms with Crippen LogP contribution in [0.15, 0.2) is 18.2 Å². The number of nitriles is 1. The van der Waals surface area contributed by atoms with Gasteiger partial charge in [-0.2, -0.15) is 5.26 Å². The monoisotopic (exact) mass is 275 g/mol. The Balaban J connectivity index is 2.34. The zero-order chi connectivity index (χ0) is 13.8. The second kappa shape index (κ2) is 5.67. The van der Waals surface area contributed by atoms with E-state index < -0.39 is 0 Å². The highest BCUT2D eigenvalue weighted by atomic mass is 32.1. The van der Waals surface area contributed by atoms with E-state index in [-0.39, 0.29) is 12.4 Å². The number of rotatable bonds is 4. The van der Waals surface area contributed by atoms with Gasteiger partial charge in [0.25, 0.3) is 0 Å². The van der Waals surface area contributed by atoms with Gasteiger partial charge in [0.2, 0.25) is 0 Å². The van der Waals surface area contributed by atoms with E-state index in [0.29, 0.717) is 29.0 Å². The van der Waals surface area contributed by atoms with Crippen LogP contribution in [0.4, 0.5) is 0 Å².